The Labute approximate surface area is 201 Å². The minimum Gasteiger partial charge on any atom is -0.296 e. The van der Waals surface area contributed by atoms with Crippen molar-refractivity contribution in [1.29, 1.82) is 0 Å². The van der Waals surface area contributed by atoms with Gasteiger partial charge in [0, 0.05) is 6.54 Å². The summed E-state index contributed by atoms with van der Waals surface area (Å²) in [6.45, 7) is 2.38. The molecule has 0 bridgehead atoms. The van der Waals surface area contributed by atoms with Gasteiger partial charge in [-0.2, -0.15) is 9.78 Å². The van der Waals surface area contributed by atoms with Crippen LogP contribution in [-0.4, -0.2) is 30.4 Å². The summed E-state index contributed by atoms with van der Waals surface area (Å²) in [6.07, 6.45) is 2.47. The van der Waals surface area contributed by atoms with Crippen LogP contribution >= 0.6 is 0 Å². The molecule has 0 aliphatic rings. The van der Waals surface area contributed by atoms with E-state index in [2.05, 4.69) is 17.2 Å². The summed E-state index contributed by atoms with van der Waals surface area (Å²) < 4.78 is 3.35. The number of aromatic nitrogens is 5. The number of para-hydroxylation sites is 2. The van der Waals surface area contributed by atoms with Crippen LogP contribution in [0.2, 0.25) is 0 Å². The molecule has 0 spiro atoms. The lowest BCUT2D eigenvalue weighted by Gasteiger charge is -2.10. The molecule has 0 aliphatic heterocycles. The van der Waals surface area contributed by atoms with Crippen molar-refractivity contribution in [3.05, 3.63) is 112 Å². The van der Waals surface area contributed by atoms with Crippen LogP contribution in [0.15, 0.2) is 94.8 Å². The number of benzene rings is 3. The van der Waals surface area contributed by atoms with Gasteiger partial charge in [-0.05, 0) is 36.6 Å². The summed E-state index contributed by atoms with van der Waals surface area (Å²) in [7, 11) is 0. The van der Waals surface area contributed by atoms with Crippen LogP contribution in [-0.2, 0) is 13.0 Å². The van der Waals surface area contributed by atoms with Gasteiger partial charge in [0.2, 0.25) is 0 Å². The van der Waals surface area contributed by atoms with E-state index in [9.17, 15) is 4.79 Å². The summed E-state index contributed by atoms with van der Waals surface area (Å²) in [5.41, 5.74) is 4.91. The summed E-state index contributed by atoms with van der Waals surface area (Å²) in [6, 6.07) is 27.6. The molecule has 3 heterocycles. The largest absolute Gasteiger partial charge is 0.296 e. The first-order valence-electron chi connectivity index (χ1n) is 11.5. The number of rotatable bonds is 5. The van der Waals surface area contributed by atoms with E-state index < -0.39 is 0 Å². The molecule has 3 aromatic heterocycles. The highest BCUT2D eigenvalue weighted by Crippen LogP contribution is 2.25. The molecule has 7 nitrogen and oxygen atoms in total. The van der Waals surface area contributed by atoms with Crippen LogP contribution in [0, 0.1) is 6.92 Å². The monoisotopic (exact) mass is 458 g/mol. The molecule has 6 rings (SSSR count). The smallest absolute Gasteiger partial charge is 0.265 e. The van der Waals surface area contributed by atoms with Crippen molar-refractivity contribution in [2.75, 3.05) is 0 Å². The maximum Gasteiger partial charge on any atom is 0.265 e. The van der Waals surface area contributed by atoms with E-state index >= 15 is 0 Å². The number of hydrogen-bond acceptors (Lipinski definition) is 5. The molecule has 6 aromatic rings. The van der Waals surface area contributed by atoms with E-state index in [1.165, 1.54) is 5.56 Å². The van der Waals surface area contributed by atoms with Crippen LogP contribution in [0.25, 0.3) is 33.2 Å². The van der Waals surface area contributed by atoms with Crippen molar-refractivity contribution in [3.8, 4) is 0 Å². The first kappa shape index (κ1) is 20.9. The minimum atomic E-state index is -0.133. The third kappa shape index (κ3) is 3.77. The van der Waals surface area contributed by atoms with Gasteiger partial charge in [-0.1, -0.05) is 72.8 Å². The SMILES string of the molecule is Cc1nc2c(c(=O)n1CCc1ccccc1)c1nc3ccccc3nc1n2N=Cc1ccccc1. The topological polar surface area (TPSA) is 78.0 Å². The van der Waals surface area contributed by atoms with Crippen LogP contribution in [0.1, 0.15) is 17.0 Å². The fourth-order valence-corrected chi connectivity index (χ4v) is 4.34. The van der Waals surface area contributed by atoms with Gasteiger partial charge in [-0.25, -0.2) is 15.0 Å². The van der Waals surface area contributed by atoms with Gasteiger partial charge in [0.15, 0.2) is 11.3 Å². The van der Waals surface area contributed by atoms with Crippen molar-refractivity contribution in [2.24, 2.45) is 5.10 Å². The second kappa shape index (κ2) is 8.61. The molecule has 0 fully saturated rings. The van der Waals surface area contributed by atoms with Crippen molar-refractivity contribution in [3.63, 3.8) is 0 Å². The first-order valence-corrected chi connectivity index (χ1v) is 11.5. The summed E-state index contributed by atoms with van der Waals surface area (Å²) in [5.74, 6) is 0.627. The zero-order valence-corrected chi connectivity index (χ0v) is 19.2. The number of fused-ring (bicyclic) bond motifs is 4. The predicted octanol–water partition coefficient (Wildman–Crippen LogP) is 4.73. The standard InChI is InChI=1S/C28H22N6O/c1-19-30-26-24(28(35)33(19)17-16-20-10-4-2-5-11-20)25-27(32-23-15-9-8-14-22(23)31-25)34(26)29-18-21-12-6-3-7-13-21/h2-15,18H,16-17H2,1H3. The Morgan fingerprint density at radius 1 is 0.800 bits per heavy atom. The number of aryl methyl sites for hydroxylation is 2. The lowest BCUT2D eigenvalue weighted by Crippen LogP contribution is -2.25. The van der Waals surface area contributed by atoms with E-state index in [0.717, 1.165) is 23.0 Å². The molecule has 0 atom stereocenters. The molecule has 0 radical (unpaired) electrons. The molecular weight excluding hydrogens is 436 g/mol. The second-order valence-corrected chi connectivity index (χ2v) is 8.40. The van der Waals surface area contributed by atoms with E-state index in [0.29, 0.717) is 34.6 Å². The zero-order chi connectivity index (χ0) is 23.8. The summed E-state index contributed by atoms with van der Waals surface area (Å²) in [5, 5.41) is 5.12. The Bertz CT molecular complexity index is 1770. The third-order valence-corrected chi connectivity index (χ3v) is 6.12. The van der Waals surface area contributed by atoms with Gasteiger partial charge in [-0.3, -0.25) is 9.36 Å². The van der Waals surface area contributed by atoms with Gasteiger partial charge in [-0.15, -0.1) is 0 Å². The predicted molar refractivity (Wildman–Crippen MR) is 139 cm³/mol. The zero-order valence-electron chi connectivity index (χ0n) is 19.2. The lowest BCUT2D eigenvalue weighted by atomic mass is 10.1. The van der Waals surface area contributed by atoms with Gasteiger partial charge < -0.3 is 0 Å². The maximum absolute atomic E-state index is 13.8. The molecular formula is C28H22N6O. The third-order valence-electron chi connectivity index (χ3n) is 6.12. The maximum atomic E-state index is 13.8. The van der Waals surface area contributed by atoms with Crippen molar-refractivity contribution >= 4 is 39.4 Å². The Kier molecular flexibility index (Phi) is 5.15. The molecule has 3 aromatic carbocycles. The molecule has 0 N–H and O–H groups in total. The average molecular weight is 459 g/mol. The summed E-state index contributed by atoms with van der Waals surface area (Å²) in [4.78, 5) is 28.3. The Balaban J connectivity index is 1.58. The normalized spacial score (nSPS) is 11.8. The van der Waals surface area contributed by atoms with Crippen LogP contribution < -0.4 is 5.56 Å². The van der Waals surface area contributed by atoms with Crippen LogP contribution in [0.5, 0.6) is 0 Å². The van der Waals surface area contributed by atoms with E-state index in [4.69, 9.17) is 15.0 Å². The number of hydrogen-bond donors (Lipinski definition) is 0. The van der Waals surface area contributed by atoms with Gasteiger partial charge in [0.25, 0.3) is 5.56 Å². The van der Waals surface area contributed by atoms with Gasteiger partial charge in [0.05, 0.1) is 17.2 Å². The number of nitrogens with zero attached hydrogens (tertiary/aromatic N) is 6. The van der Waals surface area contributed by atoms with Gasteiger partial charge in [0.1, 0.15) is 16.7 Å². The molecule has 0 amide bonds. The lowest BCUT2D eigenvalue weighted by molar-refractivity contribution is 0.636. The van der Waals surface area contributed by atoms with Crippen LogP contribution in [0.3, 0.4) is 0 Å². The van der Waals surface area contributed by atoms with Crippen molar-refractivity contribution in [2.45, 2.75) is 19.9 Å². The first-order chi connectivity index (χ1) is 17.2. The summed E-state index contributed by atoms with van der Waals surface area (Å²) >= 11 is 0. The van der Waals surface area contributed by atoms with Gasteiger partial charge >= 0.3 is 0 Å². The quantitative estimate of drug-likeness (QED) is 0.350. The fraction of sp³-hybridized carbons (Fsp3) is 0.107. The molecule has 7 heteroatoms. The highest BCUT2D eigenvalue weighted by molar-refractivity contribution is 6.05. The second-order valence-electron chi connectivity index (χ2n) is 8.40. The highest BCUT2D eigenvalue weighted by Gasteiger charge is 2.21. The van der Waals surface area contributed by atoms with Crippen molar-refractivity contribution < 1.29 is 0 Å². The molecule has 170 valence electrons. The van der Waals surface area contributed by atoms with Crippen LogP contribution in [0.4, 0.5) is 0 Å². The molecule has 0 saturated carbocycles. The highest BCUT2D eigenvalue weighted by atomic mass is 16.1. The van der Waals surface area contributed by atoms with Crippen molar-refractivity contribution in [1.82, 2.24) is 24.2 Å². The minimum absolute atomic E-state index is 0.133. The Hall–Kier alpha value is -4.65. The molecule has 35 heavy (non-hydrogen) atoms. The molecule has 0 saturated heterocycles. The van der Waals surface area contributed by atoms with E-state index in [-0.39, 0.29) is 5.56 Å². The molecule has 0 aliphatic carbocycles. The fourth-order valence-electron chi connectivity index (χ4n) is 4.34. The van der Waals surface area contributed by atoms with E-state index in [1.807, 2.05) is 79.7 Å². The Morgan fingerprint density at radius 3 is 2.20 bits per heavy atom. The molecule has 0 unspecified atom stereocenters. The van der Waals surface area contributed by atoms with E-state index in [1.54, 1.807) is 15.5 Å². The Morgan fingerprint density at radius 2 is 1.46 bits per heavy atom. The average Bonchev–Trinajstić information content (AvgIpc) is 3.19.